The Morgan fingerprint density at radius 3 is 2.42 bits per heavy atom. The van der Waals surface area contributed by atoms with E-state index in [-0.39, 0.29) is 0 Å². The van der Waals surface area contributed by atoms with Gasteiger partial charge in [0.25, 0.3) is 0 Å². The molecule has 0 aliphatic heterocycles. The molecule has 4 unspecified atom stereocenters. The van der Waals surface area contributed by atoms with E-state index >= 15 is 0 Å². The molecule has 0 radical (unpaired) electrons. The molecule has 0 spiro atoms. The molecule has 0 bridgehead atoms. The molecule has 1 nitrogen and oxygen atoms in total. The van der Waals surface area contributed by atoms with Crippen LogP contribution in [0, 0.1) is 23.7 Å². The molecule has 72 valence electrons. The molecule has 1 aliphatic carbocycles. The Kier molecular flexibility index (Phi) is 3.57. The van der Waals surface area contributed by atoms with Crippen molar-refractivity contribution in [2.24, 2.45) is 29.4 Å². The minimum absolute atomic E-state index is 0.733. The first-order valence-electron chi connectivity index (χ1n) is 5.44. The van der Waals surface area contributed by atoms with Gasteiger partial charge in [0.15, 0.2) is 0 Å². The second-order valence-corrected chi connectivity index (χ2v) is 4.35. The van der Waals surface area contributed by atoms with Gasteiger partial charge in [-0.25, -0.2) is 0 Å². The van der Waals surface area contributed by atoms with Gasteiger partial charge >= 0.3 is 0 Å². The highest BCUT2D eigenvalue weighted by molar-refractivity contribution is 4.91. The Labute approximate surface area is 76.7 Å². The molecule has 2 N–H and O–H groups in total. The molecule has 0 heterocycles. The number of hydrogen-bond donors (Lipinski definition) is 1. The minimum atomic E-state index is 0.733. The summed E-state index contributed by atoms with van der Waals surface area (Å²) in [6, 6.07) is 0. The van der Waals surface area contributed by atoms with Gasteiger partial charge in [0.1, 0.15) is 0 Å². The fourth-order valence-corrected chi connectivity index (χ4v) is 2.57. The third kappa shape index (κ3) is 2.01. The van der Waals surface area contributed by atoms with E-state index in [1.165, 1.54) is 19.3 Å². The molecule has 1 fully saturated rings. The molecule has 4 atom stereocenters. The molecule has 1 rings (SSSR count). The molecule has 0 saturated heterocycles. The Balaban J connectivity index is 2.36. The van der Waals surface area contributed by atoms with Crippen molar-refractivity contribution >= 4 is 0 Å². The van der Waals surface area contributed by atoms with Gasteiger partial charge in [0.2, 0.25) is 0 Å². The van der Waals surface area contributed by atoms with Gasteiger partial charge in [-0.3, -0.25) is 0 Å². The summed E-state index contributed by atoms with van der Waals surface area (Å²) >= 11 is 0. The summed E-state index contributed by atoms with van der Waals surface area (Å²) in [5.74, 6) is 3.68. The summed E-state index contributed by atoms with van der Waals surface area (Å²) < 4.78 is 0. The fraction of sp³-hybridized carbons (Fsp3) is 1.00. The predicted molar refractivity (Wildman–Crippen MR) is 53.9 cm³/mol. The fourth-order valence-electron chi connectivity index (χ4n) is 2.57. The first-order chi connectivity index (χ1) is 5.74. The number of rotatable bonds is 5. The van der Waals surface area contributed by atoms with Crippen molar-refractivity contribution in [3.05, 3.63) is 0 Å². The molecule has 0 aromatic heterocycles. The Morgan fingerprint density at radius 1 is 1.42 bits per heavy atom. The maximum atomic E-state index is 5.70. The van der Waals surface area contributed by atoms with Crippen LogP contribution in [-0.4, -0.2) is 6.54 Å². The second kappa shape index (κ2) is 4.27. The van der Waals surface area contributed by atoms with Crippen LogP contribution in [0.3, 0.4) is 0 Å². The lowest BCUT2D eigenvalue weighted by atomic mass is 9.86. The predicted octanol–water partition coefficient (Wildman–Crippen LogP) is 2.65. The number of hydrogen-bond acceptors (Lipinski definition) is 1. The van der Waals surface area contributed by atoms with Crippen molar-refractivity contribution in [2.75, 3.05) is 6.54 Å². The highest BCUT2D eigenvalue weighted by atomic mass is 14.6. The molecule has 1 aliphatic rings. The van der Waals surface area contributed by atoms with Gasteiger partial charge in [-0.15, -0.1) is 0 Å². The molecular weight excluding hydrogens is 146 g/mol. The zero-order valence-corrected chi connectivity index (χ0v) is 8.72. The summed E-state index contributed by atoms with van der Waals surface area (Å²) in [4.78, 5) is 0. The van der Waals surface area contributed by atoms with Crippen LogP contribution in [0.2, 0.25) is 0 Å². The van der Waals surface area contributed by atoms with Crippen LogP contribution in [0.15, 0.2) is 0 Å². The van der Waals surface area contributed by atoms with E-state index in [0.717, 1.165) is 30.2 Å². The molecule has 0 aromatic carbocycles. The first kappa shape index (κ1) is 10.0. The highest BCUT2D eigenvalue weighted by Gasteiger charge is 2.41. The quantitative estimate of drug-likeness (QED) is 0.672. The zero-order valence-electron chi connectivity index (χ0n) is 8.72. The van der Waals surface area contributed by atoms with Gasteiger partial charge in [-0.2, -0.15) is 0 Å². The van der Waals surface area contributed by atoms with Gasteiger partial charge in [0.05, 0.1) is 0 Å². The van der Waals surface area contributed by atoms with E-state index in [0.29, 0.717) is 0 Å². The van der Waals surface area contributed by atoms with E-state index in [4.69, 9.17) is 5.73 Å². The van der Waals surface area contributed by atoms with Crippen LogP contribution in [0.1, 0.15) is 40.0 Å². The largest absolute Gasteiger partial charge is 0.330 e. The van der Waals surface area contributed by atoms with E-state index in [1.54, 1.807) is 0 Å². The Hall–Kier alpha value is -0.0400. The average molecular weight is 169 g/mol. The van der Waals surface area contributed by atoms with Gasteiger partial charge in [-0.05, 0) is 36.6 Å². The lowest BCUT2D eigenvalue weighted by molar-refractivity contribution is 0.299. The SMILES string of the molecule is CCC1CC1C(CC)C(C)CN. The van der Waals surface area contributed by atoms with Crippen LogP contribution >= 0.6 is 0 Å². The molecular formula is C11H23N. The van der Waals surface area contributed by atoms with Gasteiger partial charge in [-0.1, -0.05) is 33.6 Å². The molecule has 1 heteroatoms. The van der Waals surface area contributed by atoms with Crippen molar-refractivity contribution in [1.29, 1.82) is 0 Å². The number of nitrogens with two attached hydrogens (primary N) is 1. The van der Waals surface area contributed by atoms with Crippen molar-refractivity contribution in [3.63, 3.8) is 0 Å². The molecule has 0 aromatic rings. The Morgan fingerprint density at radius 2 is 2.08 bits per heavy atom. The van der Waals surface area contributed by atoms with Crippen LogP contribution in [0.4, 0.5) is 0 Å². The molecule has 1 saturated carbocycles. The normalized spacial score (nSPS) is 33.0. The first-order valence-corrected chi connectivity index (χ1v) is 5.44. The third-order valence-corrected chi connectivity index (χ3v) is 3.63. The maximum Gasteiger partial charge on any atom is -0.00488 e. The summed E-state index contributed by atoms with van der Waals surface area (Å²) in [6.07, 6.45) is 4.16. The third-order valence-electron chi connectivity index (χ3n) is 3.63. The summed E-state index contributed by atoms with van der Waals surface area (Å²) in [5.41, 5.74) is 5.70. The summed E-state index contributed by atoms with van der Waals surface area (Å²) in [7, 11) is 0. The van der Waals surface area contributed by atoms with E-state index in [9.17, 15) is 0 Å². The van der Waals surface area contributed by atoms with Gasteiger partial charge < -0.3 is 5.73 Å². The smallest absolute Gasteiger partial charge is 0.00488 e. The second-order valence-electron chi connectivity index (χ2n) is 4.35. The van der Waals surface area contributed by atoms with Gasteiger partial charge in [0, 0.05) is 0 Å². The van der Waals surface area contributed by atoms with Crippen LogP contribution in [0.5, 0.6) is 0 Å². The standard InChI is InChI=1S/C11H23N/c1-4-9-6-11(9)10(5-2)8(3)7-12/h8-11H,4-7,12H2,1-3H3. The van der Waals surface area contributed by atoms with Crippen molar-refractivity contribution in [1.82, 2.24) is 0 Å². The van der Waals surface area contributed by atoms with Crippen LogP contribution < -0.4 is 5.73 Å². The lowest BCUT2D eigenvalue weighted by Crippen LogP contribution is -2.22. The summed E-state index contributed by atoms with van der Waals surface area (Å²) in [5, 5.41) is 0. The topological polar surface area (TPSA) is 26.0 Å². The average Bonchev–Trinajstić information content (AvgIpc) is 2.85. The van der Waals surface area contributed by atoms with E-state index in [1.807, 2.05) is 0 Å². The maximum absolute atomic E-state index is 5.70. The monoisotopic (exact) mass is 169 g/mol. The van der Waals surface area contributed by atoms with E-state index in [2.05, 4.69) is 20.8 Å². The molecule has 12 heavy (non-hydrogen) atoms. The molecule has 0 amide bonds. The van der Waals surface area contributed by atoms with Crippen molar-refractivity contribution in [3.8, 4) is 0 Å². The minimum Gasteiger partial charge on any atom is -0.330 e. The van der Waals surface area contributed by atoms with Crippen LogP contribution in [0.25, 0.3) is 0 Å². The van der Waals surface area contributed by atoms with Crippen LogP contribution in [-0.2, 0) is 0 Å². The Bertz CT molecular complexity index is 133. The van der Waals surface area contributed by atoms with E-state index < -0.39 is 0 Å². The lowest BCUT2D eigenvalue weighted by Gasteiger charge is -2.21. The van der Waals surface area contributed by atoms with Crippen molar-refractivity contribution in [2.45, 2.75) is 40.0 Å². The van der Waals surface area contributed by atoms with Crippen molar-refractivity contribution < 1.29 is 0 Å². The summed E-state index contributed by atoms with van der Waals surface area (Å²) in [6.45, 7) is 7.79. The highest BCUT2D eigenvalue weighted by Crippen LogP contribution is 2.49. The zero-order chi connectivity index (χ0) is 9.14.